The van der Waals surface area contributed by atoms with Crippen molar-refractivity contribution in [3.63, 3.8) is 0 Å². The van der Waals surface area contributed by atoms with Crippen molar-refractivity contribution in [1.82, 2.24) is 9.78 Å². The molecule has 0 aliphatic heterocycles. The molecule has 0 aliphatic rings. The zero-order chi connectivity index (χ0) is 14.5. The van der Waals surface area contributed by atoms with Crippen LogP contribution in [0.2, 0.25) is 0 Å². The minimum Gasteiger partial charge on any atom is -0.378 e. The van der Waals surface area contributed by atoms with Crippen LogP contribution in [-0.4, -0.2) is 9.78 Å². The Balaban J connectivity index is 1.59. The Kier molecular flexibility index (Phi) is 3.99. The van der Waals surface area contributed by atoms with E-state index in [2.05, 4.69) is 28.6 Å². The minimum atomic E-state index is 0.712. The molecule has 0 radical (unpaired) electrons. The lowest BCUT2D eigenvalue weighted by Crippen LogP contribution is -2.00. The molecule has 0 fully saturated rings. The van der Waals surface area contributed by atoms with Gasteiger partial charge >= 0.3 is 0 Å². The summed E-state index contributed by atoms with van der Waals surface area (Å²) in [6.45, 7) is 1.48. The lowest BCUT2D eigenvalue weighted by molar-refractivity contribution is 0.687. The van der Waals surface area contributed by atoms with Gasteiger partial charge in [0.05, 0.1) is 18.4 Å². The maximum atomic E-state index is 8.81. The van der Waals surface area contributed by atoms with E-state index in [1.54, 1.807) is 0 Å². The van der Waals surface area contributed by atoms with Crippen LogP contribution in [0, 0.1) is 11.3 Å². The van der Waals surface area contributed by atoms with Crippen LogP contribution in [-0.2, 0) is 13.1 Å². The standard InChI is InChI=1S/C16H14N4S/c17-8-15-6-7-16(21-15)10-18-14-9-19-20(12-14)11-13-4-2-1-3-5-13/h1-7,9,12,18H,10-11H2. The molecule has 3 aromatic rings. The lowest BCUT2D eigenvalue weighted by Gasteiger charge is -2.02. The molecule has 0 atom stereocenters. The van der Waals surface area contributed by atoms with Crippen LogP contribution in [0.25, 0.3) is 0 Å². The minimum absolute atomic E-state index is 0.712. The first-order valence-electron chi connectivity index (χ1n) is 6.62. The Morgan fingerprint density at radius 3 is 2.81 bits per heavy atom. The fourth-order valence-corrected chi connectivity index (χ4v) is 2.78. The third-order valence-electron chi connectivity index (χ3n) is 3.06. The van der Waals surface area contributed by atoms with Crippen molar-refractivity contribution in [2.75, 3.05) is 5.32 Å². The predicted molar refractivity (Wildman–Crippen MR) is 84.1 cm³/mol. The third-order valence-corrected chi connectivity index (χ3v) is 4.05. The van der Waals surface area contributed by atoms with E-state index in [1.807, 2.05) is 47.4 Å². The van der Waals surface area contributed by atoms with Gasteiger partial charge in [-0.3, -0.25) is 4.68 Å². The number of rotatable bonds is 5. The molecule has 4 nitrogen and oxygen atoms in total. The van der Waals surface area contributed by atoms with E-state index in [4.69, 9.17) is 5.26 Å². The summed E-state index contributed by atoms with van der Waals surface area (Å²) < 4.78 is 1.91. The molecule has 0 unspecified atom stereocenters. The molecule has 0 saturated carbocycles. The van der Waals surface area contributed by atoms with Crippen LogP contribution in [0.1, 0.15) is 15.3 Å². The summed E-state index contributed by atoms with van der Waals surface area (Å²) in [5.41, 5.74) is 2.21. The Labute approximate surface area is 127 Å². The van der Waals surface area contributed by atoms with Crippen molar-refractivity contribution in [1.29, 1.82) is 5.26 Å². The number of benzene rings is 1. The van der Waals surface area contributed by atoms with Gasteiger partial charge in [-0.05, 0) is 17.7 Å². The molecule has 3 rings (SSSR count). The smallest absolute Gasteiger partial charge is 0.110 e. The summed E-state index contributed by atoms with van der Waals surface area (Å²) in [6.07, 6.45) is 3.81. The van der Waals surface area contributed by atoms with Crippen LogP contribution in [0.3, 0.4) is 0 Å². The largest absolute Gasteiger partial charge is 0.378 e. The maximum absolute atomic E-state index is 8.81. The van der Waals surface area contributed by atoms with Gasteiger partial charge in [0.25, 0.3) is 0 Å². The molecular weight excluding hydrogens is 280 g/mol. The summed E-state index contributed by atoms with van der Waals surface area (Å²) in [5, 5.41) is 16.5. The van der Waals surface area contributed by atoms with Crippen molar-refractivity contribution in [3.8, 4) is 6.07 Å². The highest BCUT2D eigenvalue weighted by atomic mass is 32.1. The van der Waals surface area contributed by atoms with E-state index in [-0.39, 0.29) is 0 Å². The molecular formula is C16H14N4S. The van der Waals surface area contributed by atoms with Gasteiger partial charge in [0.15, 0.2) is 0 Å². The molecule has 1 aromatic carbocycles. The molecule has 2 aromatic heterocycles. The van der Waals surface area contributed by atoms with Crippen molar-refractivity contribution >= 4 is 17.0 Å². The normalized spacial score (nSPS) is 10.2. The Morgan fingerprint density at radius 1 is 1.19 bits per heavy atom. The maximum Gasteiger partial charge on any atom is 0.110 e. The highest BCUT2D eigenvalue weighted by Gasteiger charge is 2.02. The quantitative estimate of drug-likeness (QED) is 0.784. The monoisotopic (exact) mass is 294 g/mol. The molecule has 0 spiro atoms. The number of anilines is 1. The van der Waals surface area contributed by atoms with E-state index in [0.717, 1.165) is 22.0 Å². The highest BCUT2D eigenvalue weighted by Crippen LogP contribution is 2.17. The predicted octanol–water partition coefficient (Wildman–Crippen LogP) is 3.48. The van der Waals surface area contributed by atoms with Gasteiger partial charge in [0.2, 0.25) is 0 Å². The molecule has 0 amide bonds. The summed E-state index contributed by atoms with van der Waals surface area (Å²) >= 11 is 1.51. The fraction of sp³-hybridized carbons (Fsp3) is 0.125. The van der Waals surface area contributed by atoms with Crippen LogP contribution in [0.15, 0.2) is 54.9 Å². The summed E-state index contributed by atoms with van der Waals surface area (Å²) in [7, 11) is 0. The second-order valence-electron chi connectivity index (χ2n) is 4.64. The van der Waals surface area contributed by atoms with Crippen molar-refractivity contribution in [2.45, 2.75) is 13.1 Å². The van der Waals surface area contributed by atoms with Crippen molar-refractivity contribution in [3.05, 3.63) is 70.2 Å². The summed E-state index contributed by atoms with van der Waals surface area (Å²) in [5.74, 6) is 0. The van der Waals surface area contributed by atoms with Crippen molar-refractivity contribution in [2.24, 2.45) is 0 Å². The van der Waals surface area contributed by atoms with Gasteiger partial charge in [-0.1, -0.05) is 30.3 Å². The molecule has 0 aliphatic carbocycles. The molecule has 0 bridgehead atoms. The number of nitriles is 1. The Hall–Kier alpha value is -2.58. The molecule has 5 heteroatoms. The second-order valence-corrected chi connectivity index (χ2v) is 5.81. The topological polar surface area (TPSA) is 53.6 Å². The molecule has 0 saturated heterocycles. The zero-order valence-corrected chi connectivity index (χ0v) is 12.2. The number of nitrogens with one attached hydrogen (secondary N) is 1. The van der Waals surface area contributed by atoms with Gasteiger partial charge in [-0.15, -0.1) is 11.3 Å². The van der Waals surface area contributed by atoms with E-state index in [9.17, 15) is 0 Å². The van der Waals surface area contributed by atoms with Crippen LogP contribution in [0.4, 0.5) is 5.69 Å². The zero-order valence-electron chi connectivity index (χ0n) is 11.4. The van der Waals surface area contributed by atoms with E-state index < -0.39 is 0 Å². The molecule has 104 valence electrons. The number of nitrogens with zero attached hydrogens (tertiary/aromatic N) is 3. The lowest BCUT2D eigenvalue weighted by atomic mass is 10.2. The van der Waals surface area contributed by atoms with Gasteiger partial charge in [-0.2, -0.15) is 10.4 Å². The Morgan fingerprint density at radius 2 is 2.05 bits per heavy atom. The van der Waals surface area contributed by atoms with Gasteiger partial charge in [0.1, 0.15) is 10.9 Å². The van der Waals surface area contributed by atoms with E-state index in [0.29, 0.717) is 6.54 Å². The number of hydrogen-bond donors (Lipinski definition) is 1. The first kappa shape index (κ1) is 13.4. The summed E-state index contributed by atoms with van der Waals surface area (Å²) in [6, 6.07) is 16.2. The van der Waals surface area contributed by atoms with Gasteiger partial charge < -0.3 is 5.32 Å². The average molecular weight is 294 g/mol. The fourth-order valence-electron chi connectivity index (χ4n) is 2.03. The van der Waals surface area contributed by atoms with Crippen LogP contribution >= 0.6 is 11.3 Å². The highest BCUT2D eigenvalue weighted by molar-refractivity contribution is 7.12. The molecule has 21 heavy (non-hydrogen) atoms. The third kappa shape index (κ3) is 3.50. The van der Waals surface area contributed by atoms with Crippen LogP contribution < -0.4 is 5.32 Å². The number of hydrogen-bond acceptors (Lipinski definition) is 4. The Bertz CT molecular complexity index is 752. The average Bonchev–Trinajstić information content (AvgIpc) is 3.15. The van der Waals surface area contributed by atoms with Crippen LogP contribution in [0.5, 0.6) is 0 Å². The SMILES string of the molecule is N#Cc1ccc(CNc2cnn(Cc3ccccc3)c2)s1. The van der Waals surface area contributed by atoms with E-state index >= 15 is 0 Å². The second kappa shape index (κ2) is 6.25. The van der Waals surface area contributed by atoms with Crippen molar-refractivity contribution < 1.29 is 0 Å². The first-order chi connectivity index (χ1) is 10.3. The number of aromatic nitrogens is 2. The van der Waals surface area contributed by atoms with E-state index in [1.165, 1.54) is 16.9 Å². The molecule has 1 N–H and O–H groups in total. The van der Waals surface area contributed by atoms with Gasteiger partial charge in [0, 0.05) is 17.6 Å². The first-order valence-corrected chi connectivity index (χ1v) is 7.44. The molecule has 2 heterocycles. The van der Waals surface area contributed by atoms with Gasteiger partial charge in [-0.25, -0.2) is 0 Å². The summed E-state index contributed by atoms with van der Waals surface area (Å²) in [4.78, 5) is 1.88. The number of thiophene rings is 1.